The molecule has 0 aliphatic carbocycles. The fraction of sp³-hybridized carbons (Fsp3) is 0.188. The molecule has 0 amide bonds. The largest absolute Gasteiger partial charge is 0.513 e. The van der Waals surface area contributed by atoms with E-state index in [1.807, 2.05) is 79.7 Å². The Balaban J connectivity index is 0.000000909. The second-order valence-electron chi connectivity index (χ2n) is 8.80. The third-order valence-electron chi connectivity index (χ3n) is 6.14. The summed E-state index contributed by atoms with van der Waals surface area (Å²) in [7, 11) is 1.68. The van der Waals surface area contributed by atoms with Gasteiger partial charge in [0, 0.05) is 42.4 Å². The SMILES string of the molecule is CCOC.CCOC(=O)Oc1ccccc1-c1cc(-c2cccc(-c3cc(-c4ccccc4CC=O)[nH]n3)c2)n[nH]1. The zero-order valence-electron chi connectivity index (χ0n) is 23.2. The molecular formula is C32H32N4O5. The van der Waals surface area contributed by atoms with Crippen molar-refractivity contribution < 1.29 is 23.8 Å². The molecule has 0 atom stereocenters. The number of H-pyrrole nitrogens is 2. The number of ether oxygens (including phenoxy) is 3. The molecule has 41 heavy (non-hydrogen) atoms. The van der Waals surface area contributed by atoms with Gasteiger partial charge in [-0.3, -0.25) is 10.2 Å². The second kappa shape index (κ2) is 14.4. The van der Waals surface area contributed by atoms with Gasteiger partial charge >= 0.3 is 6.16 Å². The van der Waals surface area contributed by atoms with Crippen LogP contribution in [0.5, 0.6) is 5.75 Å². The highest BCUT2D eigenvalue weighted by atomic mass is 16.7. The van der Waals surface area contributed by atoms with Gasteiger partial charge in [0.1, 0.15) is 12.0 Å². The third kappa shape index (κ3) is 7.34. The molecule has 2 aromatic heterocycles. The Bertz CT molecular complexity index is 1590. The van der Waals surface area contributed by atoms with Crippen molar-refractivity contribution in [3.8, 4) is 50.8 Å². The van der Waals surface area contributed by atoms with Gasteiger partial charge in [0.15, 0.2) is 0 Å². The maximum Gasteiger partial charge on any atom is 0.513 e. The molecule has 5 aromatic rings. The van der Waals surface area contributed by atoms with Gasteiger partial charge in [0.2, 0.25) is 0 Å². The number of para-hydroxylation sites is 1. The Morgan fingerprint density at radius 3 is 1.98 bits per heavy atom. The molecule has 0 bridgehead atoms. The molecule has 0 aliphatic heterocycles. The highest BCUT2D eigenvalue weighted by Gasteiger charge is 2.15. The molecule has 0 aliphatic rings. The molecule has 0 saturated carbocycles. The standard InChI is InChI=1S/C29H24N4O4.C3H8O/c1-2-36-29(35)37-28-13-6-5-12-23(28)27-18-25(31-33-27)21-10-7-9-20(16-21)24-17-26(32-30-24)22-11-4-3-8-19(22)14-15-34;1-3-4-2/h3-13,15-18H,2,14H2,1H3,(H,30,32)(H,31,33);3H2,1-2H3. The number of aldehydes is 1. The van der Waals surface area contributed by atoms with E-state index in [4.69, 9.17) is 9.47 Å². The van der Waals surface area contributed by atoms with Crippen LogP contribution in [0.25, 0.3) is 45.0 Å². The van der Waals surface area contributed by atoms with E-state index in [0.29, 0.717) is 23.4 Å². The van der Waals surface area contributed by atoms with Crippen LogP contribution < -0.4 is 4.74 Å². The zero-order chi connectivity index (χ0) is 29.0. The number of hydrogen-bond acceptors (Lipinski definition) is 7. The first kappa shape index (κ1) is 29.0. The summed E-state index contributed by atoms with van der Waals surface area (Å²) in [6.45, 7) is 4.73. The van der Waals surface area contributed by atoms with Crippen LogP contribution in [0, 0.1) is 0 Å². The fourth-order valence-electron chi connectivity index (χ4n) is 4.12. The summed E-state index contributed by atoms with van der Waals surface area (Å²) < 4.78 is 14.8. The number of rotatable bonds is 9. The monoisotopic (exact) mass is 552 g/mol. The first-order valence-electron chi connectivity index (χ1n) is 13.2. The minimum atomic E-state index is -0.755. The predicted molar refractivity (Wildman–Crippen MR) is 157 cm³/mol. The number of hydrogen-bond donors (Lipinski definition) is 2. The van der Waals surface area contributed by atoms with Crippen molar-refractivity contribution in [3.63, 3.8) is 0 Å². The van der Waals surface area contributed by atoms with E-state index in [1.54, 1.807) is 26.2 Å². The van der Waals surface area contributed by atoms with Gasteiger partial charge in [0.05, 0.1) is 29.4 Å². The first-order valence-corrected chi connectivity index (χ1v) is 13.2. The minimum Gasteiger partial charge on any atom is -0.434 e. The quantitative estimate of drug-likeness (QED) is 0.118. The van der Waals surface area contributed by atoms with Crippen molar-refractivity contribution in [2.75, 3.05) is 20.3 Å². The zero-order valence-corrected chi connectivity index (χ0v) is 23.2. The second-order valence-corrected chi connectivity index (χ2v) is 8.80. The Labute approximate surface area is 238 Å². The average molecular weight is 553 g/mol. The van der Waals surface area contributed by atoms with Crippen molar-refractivity contribution in [2.45, 2.75) is 20.3 Å². The van der Waals surface area contributed by atoms with Gasteiger partial charge in [-0.25, -0.2) is 4.79 Å². The number of carbonyl (C=O) groups is 2. The molecule has 0 saturated heterocycles. The Morgan fingerprint density at radius 2 is 1.37 bits per heavy atom. The van der Waals surface area contributed by atoms with Crippen molar-refractivity contribution in [2.24, 2.45) is 0 Å². The van der Waals surface area contributed by atoms with E-state index in [-0.39, 0.29) is 6.61 Å². The fourth-order valence-corrected chi connectivity index (χ4v) is 4.12. The van der Waals surface area contributed by atoms with Crippen LogP contribution in [0.1, 0.15) is 19.4 Å². The van der Waals surface area contributed by atoms with Crippen LogP contribution in [0.3, 0.4) is 0 Å². The number of benzene rings is 3. The van der Waals surface area contributed by atoms with Gasteiger partial charge in [0.25, 0.3) is 0 Å². The summed E-state index contributed by atoms with van der Waals surface area (Å²) in [6.07, 6.45) is 0.490. The average Bonchev–Trinajstić information content (AvgIpc) is 3.69. The molecule has 0 unspecified atom stereocenters. The van der Waals surface area contributed by atoms with Gasteiger partial charge in [-0.1, -0.05) is 54.6 Å². The Morgan fingerprint density at radius 1 is 0.780 bits per heavy atom. The van der Waals surface area contributed by atoms with Crippen LogP contribution in [0.15, 0.2) is 84.9 Å². The third-order valence-corrected chi connectivity index (χ3v) is 6.14. The summed E-state index contributed by atoms with van der Waals surface area (Å²) in [6, 6.07) is 26.8. The number of nitrogens with one attached hydrogen (secondary N) is 2. The summed E-state index contributed by atoms with van der Waals surface area (Å²) in [5, 5.41) is 15.1. The maximum absolute atomic E-state index is 11.8. The lowest BCUT2D eigenvalue weighted by molar-refractivity contribution is -0.107. The van der Waals surface area contributed by atoms with Crippen LogP contribution >= 0.6 is 0 Å². The molecule has 0 radical (unpaired) electrons. The van der Waals surface area contributed by atoms with Crippen LogP contribution in [0.2, 0.25) is 0 Å². The molecule has 9 nitrogen and oxygen atoms in total. The highest BCUT2D eigenvalue weighted by Crippen LogP contribution is 2.33. The lowest BCUT2D eigenvalue weighted by Crippen LogP contribution is -2.10. The van der Waals surface area contributed by atoms with E-state index in [9.17, 15) is 9.59 Å². The predicted octanol–water partition coefficient (Wildman–Crippen LogP) is 6.73. The molecule has 2 heterocycles. The lowest BCUT2D eigenvalue weighted by Gasteiger charge is -2.08. The number of aromatic amines is 2. The van der Waals surface area contributed by atoms with Crippen LogP contribution in [-0.2, 0) is 20.7 Å². The molecule has 2 N–H and O–H groups in total. The van der Waals surface area contributed by atoms with Gasteiger partial charge in [-0.2, -0.15) is 10.2 Å². The Kier molecular flexibility index (Phi) is 10.2. The lowest BCUT2D eigenvalue weighted by atomic mass is 10.0. The number of nitrogens with zero attached hydrogens (tertiary/aromatic N) is 2. The molecule has 5 rings (SSSR count). The summed E-state index contributed by atoms with van der Waals surface area (Å²) in [4.78, 5) is 22.9. The molecule has 3 aromatic carbocycles. The van der Waals surface area contributed by atoms with Crippen LogP contribution in [0.4, 0.5) is 4.79 Å². The smallest absolute Gasteiger partial charge is 0.434 e. The molecule has 0 spiro atoms. The van der Waals surface area contributed by atoms with E-state index in [2.05, 4.69) is 25.1 Å². The Hall–Kier alpha value is -5.02. The normalized spacial score (nSPS) is 10.4. The number of carbonyl (C=O) groups excluding carboxylic acids is 2. The molecule has 9 heteroatoms. The summed E-state index contributed by atoms with van der Waals surface area (Å²) in [5.74, 6) is 0.379. The van der Waals surface area contributed by atoms with E-state index >= 15 is 0 Å². The molecule has 0 fully saturated rings. The van der Waals surface area contributed by atoms with Crippen molar-refractivity contribution in [1.29, 1.82) is 0 Å². The van der Waals surface area contributed by atoms with Gasteiger partial charge < -0.3 is 19.0 Å². The van der Waals surface area contributed by atoms with E-state index in [0.717, 1.165) is 52.2 Å². The highest BCUT2D eigenvalue weighted by molar-refractivity contribution is 5.78. The van der Waals surface area contributed by atoms with Crippen molar-refractivity contribution in [3.05, 3.63) is 90.5 Å². The maximum atomic E-state index is 11.8. The van der Waals surface area contributed by atoms with Gasteiger partial charge in [-0.05, 0) is 49.7 Å². The first-order chi connectivity index (χ1) is 20.1. The van der Waals surface area contributed by atoms with Crippen molar-refractivity contribution >= 4 is 12.4 Å². The van der Waals surface area contributed by atoms with E-state index < -0.39 is 6.16 Å². The number of aromatic nitrogens is 4. The van der Waals surface area contributed by atoms with Crippen LogP contribution in [-0.4, -0.2) is 53.2 Å². The summed E-state index contributed by atoms with van der Waals surface area (Å²) in [5.41, 5.74) is 7.46. The molecular weight excluding hydrogens is 520 g/mol. The van der Waals surface area contributed by atoms with Gasteiger partial charge in [-0.15, -0.1) is 0 Å². The topological polar surface area (TPSA) is 119 Å². The van der Waals surface area contributed by atoms with Crippen molar-refractivity contribution in [1.82, 2.24) is 20.4 Å². The minimum absolute atomic E-state index is 0.230. The summed E-state index contributed by atoms with van der Waals surface area (Å²) >= 11 is 0. The van der Waals surface area contributed by atoms with E-state index in [1.165, 1.54) is 0 Å². The molecule has 210 valence electrons. The number of methoxy groups -OCH3 is 1.